The molecule has 20 heavy (non-hydrogen) atoms. The number of halogens is 1. The zero-order valence-electron chi connectivity index (χ0n) is 11.2. The Kier molecular flexibility index (Phi) is 3.37. The Hall–Kier alpha value is -2.18. The standard InChI is InChI=1S/C13H15FN2O4/c1-13(2)3-4-15(7-13)11-5-8(12(17)18)10(16(19)20)6-9(11)14/h5-6H,3-4,7H2,1-2H3,(H,17,18). The number of nitro groups is 1. The SMILES string of the molecule is CC1(C)CCN(c2cc(C(=O)O)c([N+](=O)[O-])cc2F)C1. The summed E-state index contributed by atoms with van der Waals surface area (Å²) in [6, 6.07) is 1.74. The van der Waals surface area contributed by atoms with Crippen molar-refractivity contribution in [2.24, 2.45) is 5.41 Å². The van der Waals surface area contributed by atoms with E-state index in [0.29, 0.717) is 19.2 Å². The summed E-state index contributed by atoms with van der Waals surface area (Å²) in [7, 11) is 0. The molecular weight excluding hydrogens is 267 g/mol. The van der Waals surface area contributed by atoms with E-state index in [1.54, 1.807) is 4.90 Å². The number of nitrogens with zero attached hydrogens (tertiary/aromatic N) is 2. The highest BCUT2D eigenvalue weighted by Crippen LogP contribution is 2.36. The zero-order valence-corrected chi connectivity index (χ0v) is 11.2. The van der Waals surface area contributed by atoms with Gasteiger partial charge in [0.15, 0.2) is 5.82 Å². The second-order valence-electron chi connectivity index (χ2n) is 5.72. The molecule has 1 aliphatic rings. The zero-order chi connectivity index (χ0) is 15.1. The molecule has 1 aromatic rings. The van der Waals surface area contributed by atoms with Crippen LogP contribution in [0.1, 0.15) is 30.6 Å². The molecule has 0 aliphatic carbocycles. The van der Waals surface area contributed by atoms with Crippen molar-refractivity contribution in [3.63, 3.8) is 0 Å². The van der Waals surface area contributed by atoms with Gasteiger partial charge in [-0.15, -0.1) is 0 Å². The average Bonchev–Trinajstić information content (AvgIpc) is 2.68. The van der Waals surface area contributed by atoms with E-state index < -0.39 is 28.0 Å². The molecule has 0 atom stereocenters. The Labute approximate surface area is 115 Å². The van der Waals surface area contributed by atoms with Gasteiger partial charge in [0.2, 0.25) is 0 Å². The summed E-state index contributed by atoms with van der Waals surface area (Å²) >= 11 is 0. The number of hydrogen-bond donors (Lipinski definition) is 1. The lowest BCUT2D eigenvalue weighted by Gasteiger charge is -2.22. The summed E-state index contributed by atoms with van der Waals surface area (Å²) < 4.78 is 14.0. The van der Waals surface area contributed by atoms with Crippen molar-refractivity contribution in [2.75, 3.05) is 18.0 Å². The van der Waals surface area contributed by atoms with E-state index >= 15 is 0 Å². The monoisotopic (exact) mass is 282 g/mol. The number of benzene rings is 1. The van der Waals surface area contributed by atoms with Crippen LogP contribution in [-0.2, 0) is 0 Å². The minimum absolute atomic E-state index is 0.0115. The smallest absolute Gasteiger partial charge is 0.342 e. The molecule has 0 unspecified atom stereocenters. The number of rotatable bonds is 3. The van der Waals surface area contributed by atoms with Gasteiger partial charge in [-0.25, -0.2) is 9.18 Å². The van der Waals surface area contributed by atoms with Gasteiger partial charge < -0.3 is 10.0 Å². The number of carboxylic acids is 1. The fraction of sp³-hybridized carbons (Fsp3) is 0.462. The van der Waals surface area contributed by atoms with Gasteiger partial charge in [-0.1, -0.05) is 13.8 Å². The molecular formula is C13H15FN2O4. The lowest BCUT2D eigenvalue weighted by molar-refractivity contribution is -0.385. The molecule has 1 fully saturated rings. The summed E-state index contributed by atoms with van der Waals surface area (Å²) in [5, 5.41) is 19.8. The molecule has 0 saturated carbocycles. The summed E-state index contributed by atoms with van der Waals surface area (Å²) in [5.74, 6) is -2.20. The predicted octanol–water partition coefficient (Wildman–Crippen LogP) is 2.67. The van der Waals surface area contributed by atoms with Crippen molar-refractivity contribution >= 4 is 17.3 Å². The molecule has 1 aliphatic heterocycles. The topological polar surface area (TPSA) is 83.7 Å². The van der Waals surface area contributed by atoms with Crippen LogP contribution in [-0.4, -0.2) is 29.1 Å². The molecule has 0 bridgehead atoms. The van der Waals surface area contributed by atoms with E-state index in [0.717, 1.165) is 12.5 Å². The van der Waals surface area contributed by atoms with Gasteiger partial charge >= 0.3 is 5.97 Å². The molecule has 6 nitrogen and oxygen atoms in total. The van der Waals surface area contributed by atoms with Crippen molar-refractivity contribution in [2.45, 2.75) is 20.3 Å². The van der Waals surface area contributed by atoms with Gasteiger partial charge in [0.05, 0.1) is 16.7 Å². The molecule has 0 spiro atoms. The largest absolute Gasteiger partial charge is 0.477 e. The first-order valence-electron chi connectivity index (χ1n) is 6.17. The fourth-order valence-corrected chi connectivity index (χ4v) is 2.43. The molecule has 2 rings (SSSR count). The van der Waals surface area contributed by atoms with Crippen LogP contribution in [0.4, 0.5) is 15.8 Å². The van der Waals surface area contributed by atoms with Crippen molar-refractivity contribution in [3.8, 4) is 0 Å². The molecule has 1 N–H and O–H groups in total. The van der Waals surface area contributed by atoms with E-state index in [9.17, 15) is 19.3 Å². The highest BCUT2D eigenvalue weighted by molar-refractivity contribution is 5.93. The van der Waals surface area contributed by atoms with Crippen molar-refractivity contribution in [1.82, 2.24) is 0 Å². The van der Waals surface area contributed by atoms with E-state index in [1.165, 1.54) is 0 Å². The molecule has 1 aromatic carbocycles. The van der Waals surface area contributed by atoms with Crippen LogP contribution in [0, 0.1) is 21.3 Å². The van der Waals surface area contributed by atoms with Crippen LogP contribution in [0.5, 0.6) is 0 Å². The average molecular weight is 282 g/mol. The Morgan fingerprint density at radius 2 is 2.15 bits per heavy atom. The van der Waals surface area contributed by atoms with E-state index in [1.807, 2.05) is 13.8 Å². The Morgan fingerprint density at radius 1 is 1.50 bits per heavy atom. The predicted molar refractivity (Wildman–Crippen MR) is 70.6 cm³/mol. The maximum Gasteiger partial charge on any atom is 0.342 e. The third kappa shape index (κ3) is 2.56. The molecule has 108 valence electrons. The molecule has 0 radical (unpaired) electrons. The lowest BCUT2D eigenvalue weighted by Crippen LogP contribution is -2.24. The molecule has 1 saturated heterocycles. The summed E-state index contributed by atoms with van der Waals surface area (Å²) in [4.78, 5) is 22.7. The molecule has 0 aromatic heterocycles. The van der Waals surface area contributed by atoms with E-state index in [-0.39, 0.29) is 11.1 Å². The molecule has 7 heteroatoms. The van der Waals surface area contributed by atoms with Gasteiger partial charge in [-0.05, 0) is 17.9 Å². The van der Waals surface area contributed by atoms with Crippen LogP contribution in [0.15, 0.2) is 12.1 Å². The van der Waals surface area contributed by atoms with Gasteiger partial charge in [0.1, 0.15) is 5.56 Å². The fourth-order valence-electron chi connectivity index (χ4n) is 2.43. The normalized spacial score (nSPS) is 17.2. The van der Waals surface area contributed by atoms with E-state index in [2.05, 4.69) is 0 Å². The third-order valence-corrected chi connectivity index (χ3v) is 3.51. The number of aromatic carboxylic acids is 1. The molecule has 0 amide bonds. The maximum absolute atomic E-state index is 14.0. The second kappa shape index (κ2) is 4.73. The first-order valence-corrected chi connectivity index (χ1v) is 6.17. The number of carboxylic acid groups (broad SMARTS) is 1. The van der Waals surface area contributed by atoms with Crippen molar-refractivity contribution in [1.29, 1.82) is 0 Å². The summed E-state index contributed by atoms with van der Waals surface area (Å²) in [5.41, 5.74) is -1.09. The van der Waals surface area contributed by atoms with Crippen LogP contribution in [0.2, 0.25) is 0 Å². The number of anilines is 1. The first-order chi connectivity index (χ1) is 9.21. The van der Waals surface area contributed by atoms with Crippen molar-refractivity contribution in [3.05, 3.63) is 33.6 Å². The van der Waals surface area contributed by atoms with Gasteiger partial charge in [-0.2, -0.15) is 0 Å². The summed E-state index contributed by atoms with van der Waals surface area (Å²) in [6.07, 6.45) is 0.853. The van der Waals surface area contributed by atoms with E-state index in [4.69, 9.17) is 5.11 Å². The highest BCUT2D eigenvalue weighted by atomic mass is 19.1. The first kappa shape index (κ1) is 14.2. The minimum atomic E-state index is -1.43. The van der Waals surface area contributed by atoms with Crippen LogP contribution < -0.4 is 4.90 Å². The van der Waals surface area contributed by atoms with Crippen LogP contribution in [0.25, 0.3) is 0 Å². The Morgan fingerprint density at radius 3 is 2.60 bits per heavy atom. The third-order valence-electron chi connectivity index (χ3n) is 3.51. The Balaban J connectivity index is 2.48. The van der Waals surface area contributed by atoms with Gasteiger partial charge in [-0.3, -0.25) is 10.1 Å². The van der Waals surface area contributed by atoms with Crippen molar-refractivity contribution < 1.29 is 19.2 Å². The number of hydrogen-bond acceptors (Lipinski definition) is 4. The number of nitro benzene ring substituents is 1. The van der Waals surface area contributed by atoms with Gasteiger partial charge in [0, 0.05) is 13.1 Å². The molecule has 1 heterocycles. The summed E-state index contributed by atoms with van der Waals surface area (Å²) in [6.45, 7) is 5.25. The number of carbonyl (C=O) groups is 1. The quantitative estimate of drug-likeness (QED) is 0.680. The van der Waals surface area contributed by atoms with Gasteiger partial charge in [0.25, 0.3) is 5.69 Å². The second-order valence-corrected chi connectivity index (χ2v) is 5.72. The lowest BCUT2D eigenvalue weighted by atomic mass is 9.93. The minimum Gasteiger partial charge on any atom is -0.477 e. The van der Waals surface area contributed by atoms with Crippen LogP contribution in [0.3, 0.4) is 0 Å². The Bertz CT molecular complexity index is 586. The maximum atomic E-state index is 14.0. The van der Waals surface area contributed by atoms with Crippen LogP contribution >= 0.6 is 0 Å². The highest BCUT2D eigenvalue weighted by Gasteiger charge is 2.32.